The van der Waals surface area contributed by atoms with Crippen LogP contribution in [0.4, 0.5) is 0 Å². The van der Waals surface area contributed by atoms with Crippen LogP contribution in [0.3, 0.4) is 0 Å². The lowest BCUT2D eigenvalue weighted by molar-refractivity contribution is -0.131. The lowest BCUT2D eigenvalue weighted by Gasteiger charge is -2.30. The molecule has 4 heteroatoms. The van der Waals surface area contributed by atoms with E-state index in [0.29, 0.717) is 6.42 Å². The van der Waals surface area contributed by atoms with Gasteiger partial charge in [-0.05, 0) is 55.2 Å². The van der Waals surface area contributed by atoms with Crippen LogP contribution in [-0.2, 0) is 24.1 Å². The van der Waals surface area contributed by atoms with E-state index < -0.39 is 0 Å². The Morgan fingerprint density at radius 3 is 2.52 bits per heavy atom. The number of likely N-dealkylation sites (tertiary alicyclic amines) is 1. The third kappa shape index (κ3) is 3.98. The van der Waals surface area contributed by atoms with Gasteiger partial charge in [0.15, 0.2) is 0 Å². The molecule has 1 aliphatic heterocycles. The van der Waals surface area contributed by atoms with E-state index >= 15 is 0 Å². The molecule has 2 N–H and O–H groups in total. The maximum absolute atomic E-state index is 12.3. The Bertz CT molecular complexity index is 496. The zero-order chi connectivity index (χ0) is 13.9. The molecule has 1 aromatic rings. The monoisotopic (exact) mass is 308 g/mol. The van der Waals surface area contributed by atoms with Crippen LogP contribution in [0.2, 0.25) is 0 Å². The molecule has 1 amide bonds. The van der Waals surface area contributed by atoms with E-state index in [1.807, 2.05) is 4.90 Å². The number of fused-ring (bicyclic) bond motifs is 1. The first-order chi connectivity index (χ1) is 9.72. The molecule has 0 radical (unpaired) electrons. The second-order valence-electron chi connectivity index (χ2n) is 6.21. The van der Waals surface area contributed by atoms with Crippen LogP contribution >= 0.6 is 12.4 Å². The third-order valence-electron chi connectivity index (χ3n) is 4.66. The smallest absolute Gasteiger partial charge is 0.226 e. The fourth-order valence-electron chi connectivity index (χ4n) is 3.33. The zero-order valence-corrected chi connectivity index (χ0v) is 13.3. The second kappa shape index (κ2) is 7.28. The van der Waals surface area contributed by atoms with Crippen LogP contribution in [0.25, 0.3) is 0 Å². The summed E-state index contributed by atoms with van der Waals surface area (Å²) >= 11 is 0. The van der Waals surface area contributed by atoms with Crippen molar-refractivity contribution in [2.45, 2.75) is 51.0 Å². The summed E-state index contributed by atoms with van der Waals surface area (Å²) in [4.78, 5) is 14.3. The molecule has 2 aliphatic rings. The fourth-order valence-corrected chi connectivity index (χ4v) is 3.33. The molecule has 0 atom stereocenters. The van der Waals surface area contributed by atoms with Gasteiger partial charge in [0.2, 0.25) is 5.91 Å². The van der Waals surface area contributed by atoms with E-state index in [4.69, 9.17) is 5.73 Å². The van der Waals surface area contributed by atoms with E-state index in [1.165, 1.54) is 42.4 Å². The normalized spacial score (nSPS) is 18.8. The van der Waals surface area contributed by atoms with E-state index in [1.54, 1.807) is 0 Å². The average molecular weight is 309 g/mol. The van der Waals surface area contributed by atoms with Crippen molar-refractivity contribution in [1.82, 2.24) is 4.90 Å². The third-order valence-corrected chi connectivity index (χ3v) is 4.66. The van der Waals surface area contributed by atoms with Crippen LogP contribution in [0.5, 0.6) is 0 Å². The number of nitrogens with zero attached hydrogens (tertiary/aromatic N) is 1. The minimum absolute atomic E-state index is 0. The van der Waals surface area contributed by atoms with Gasteiger partial charge in [-0.25, -0.2) is 0 Å². The highest BCUT2D eigenvalue weighted by atomic mass is 35.5. The minimum atomic E-state index is 0. The SMILES string of the molecule is Cl.NC1CCN(C(=O)Cc2ccc3c(c2)CCCC3)CC1. The number of benzene rings is 1. The van der Waals surface area contributed by atoms with Gasteiger partial charge >= 0.3 is 0 Å². The zero-order valence-electron chi connectivity index (χ0n) is 12.5. The second-order valence-corrected chi connectivity index (χ2v) is 6.21. The van der Waals surface area contributed by atoms with Crippen molar-refractivity contribution in [2.24, 2.45) is 5.73 Å². The van der Waals surface area contributed by atoms with Crippen molar-refractivity contribution < 1.29 is 4.79 Å². The van der Waals surface area contributed by atoms with Crippen molar-refractivity contribution in [3.8, 4) is 0 Å². The summed E-state index contributed by atoms with van der Waals surface area (Å²) in [5.41, 5.74) is 10.0. The van der Waals surface area contributed by atoms with E-state index in [9.17, 15) is 4.79 Å². The highest BCUT2D eigenvalue weighted by Crippen LogP contribution is 2.22. The number of rotatable bonds is 2. The number of halogens is 1. The van der Waals surface area contributed by atoms with Crippen LogP contribution in [0.15, 0.2) is 18.2 Å². The van der Waals surface area contributed by atoms with Crippen molar-refractivity contribution >= 4 is 18.3 Å². The van der Waals surface area contributed by atoms with E-state index in [2.05, 4.69) is 18.2 Å². The molecule has 0 bridgehead atoms. The Kier molecular flexibility index (Phi) is 5.65. The maximum Gasteiger partial charge on any atom is 0.226 e. The molecule has 1 aromatic carbocycles. The molecular formula is C17H25ClN2O. The first-order valence-electron chi connectivity index (χ1n) is 7.86. The van der Waals surface area contributed by atoms with Crippen LogP contribution in [0, 0.1) is 0 Å². The summed E-state index contributed by atoms with van der Waals surface area (Å²) < 4.78 is 0. The molecule has 1 aliphatic carbocycles. The largest absolute Gasteiger partial charge is 0.342 e. The van der Waals surface area contributed by atoms with Gasteiger partial charge in [-0.2, -0.15) is 0 Å². The van der Waals surface area contributed by atoms with Crippen molar-refractivity contribution in [3.05, 3.63) is 34.9 Å². The number of amides is 1. The Morgan fingerprint density at radius 2 is 1.81 bits per heavy atom. The number of hydrogen-bond donors (Lipinski definition) is 1. The molecule has 21 heavy (non-hydrogen) atoms. The maximum atomic E-state index is 12.3. The molecule has 116 valence electrons. The van der Waals surface area contributed by atoms with Crippen molar-refractivity contribution in [1.29, 1.82) is 0 Å². The standard InChI is InChI=1S/C17H24N2O.ClH/c18-16-7-9-19(10-8-16)17(20)12-13-5-6-14-3-1-2-4-15(14)11-13;/h5-6,11,16H,1-4,7-10,12,18H2;1H. The number of aryl methyl sites for hydroxylation is 2. The summed E-state index contributed by atoms with van der Waals surface area (Å²) in [6.07, 6.45) is 7.39. The minimum Gasteiger partial charge on any atom is -0.342 e. The number of carbonyl (C=O) groups is 1. The number of carbonyl (C=O) groups excluding carboxylic acids is 1. The first kappa shape index (κ1) is 16.3. The predicted molar refractivity (Wildman–Crippen MR) is 87.8 cm³/mol. The quantitative estimate of drug-likeness (QED) is 0.912. The Morgan fingerprint density at radius 1 is 1.14 bits per heavy atom. The topological polar surface area (TPSA) is 46.3 Å². The molecule has 1 saturated heterocycles. The summed E-state index contributed by atoms with van der Waals surface area (Å²) in [7, 11) is 0. The van der Waals surface area contributed by atoms with Gasteiger partial charge in [-0.1, -0.05) is 18.2 Å². The Labute approximate surface area is 133 Å². The highest BCUT2D eigenvalue weighted by Gasteiger charge is 2.21. The van der Waals surface area contributed by atoms with Crippen molar-refractivity contribution in [3.63, 3.8) is 0 Å². The van der Waals surface area contributed by atoms with E-state index in [0.717, 1.165) is 25.9 Å². The number of nitrogens with two attached hydrogens (primary N) is 1. The van der Waals surface area contributed by atoms with Gasteiger partial charge in [0.25, 0.3) is 0 Å². The van der Waals surface area contributed by atoms with Gasteiger partial charge in [0, 0.05) is 19.1 Å². The molecule has 0 saturated carbocycles. The Balaban J connectivity index is 0.00000161. The molecular weight excluding hydrogens is 284 g/mol. The first-order valence-corrected chi connectivity index (χ1v) is 7.86. The van der Waals surface area contributed by atoms with Crippen LogP contribution in [0.1, 0.15) is 42.4 Å². The van der Waals surface area contributed by atoms with Gasteiger partial charge in [0.1, 0.15) is 0 Å². The molecule has 1 fully saturated rings. The van der Waals surface area contributed by atoms with Crippen LogP contribution < -0.4 is 5.73 Å². The number of piperidine rings is 1. The lowest BCUT2D eigenvalue weighted by atomic mass is 9.90. The highest BCUT2D eigenvalue weighted by molar-refractivity contribution is 5.85. The molecule has 0 spiro atoms. The molecule has 3 rings (SSSR count). The average Bonchev–Trinajstić information content (AvgIpc) is 2.48. The summed E-state index contributed by atoms with van der Waals surface area (Å²) in [6, 6.07) is 6.89. The molecule has 0 unspecified atom stereocenters. The predicted octanol–water partition coefficient (Wildman–Crippen LogP) is 2.48. The fraction of sp³-hybridized carbons (Fsp3) is 0.588. The molecule has 0 aromatic heterocycles. The summed E-state index contributed by atoms with van der Waals surface area (Å²) in [5.74, 6) is 0.257. The summed E-state index contributed by atoms with van der Waals surface area (Å²) in [5, 5.41) is 0. The molecule has 1 heterocycles. The Hall–Kier alpha value is -1.06. The van der Waals surface area contributed by atoms with Gasteiger partial charge < -0.3 is 10.6 Å². The number of hydrogen-bond acceptors (Lipinski definition) is 2. The van der Waals surface area contributed by atoms with E-state index in [-0.39, 0.29) is 24.4 Å². The molecule has 3 nitrogen and oxygen atoms in total. The van der Waals surface area contributed by atoms with Crippen molar-refractivity contribution in [2.75, 3.05) is 13.1 Å². The van der Waals surface area contributed by atoms with Gasteiger partial charge in [-0.3, -0.25) is 4.79 Å². The summed E-state index contributed by atoms with van der Waals surface area (Å²) in [6.45, 7) is 1.65. The lowest BCUT2D eigenvalue weighted by Crippen LogP contribution is -2.43. The van der Waals surface area contributed by atoms with Crippen LogP contribution in [-0.4, -0.2) is 29.9 Å². The van der Waals surface area contributed by atoms with Gasteiger partial charge in [0.05, 0.1) is 6.42 Å². The van der Waals surface area contributed by atoms with Gasteiger partial charge in [-0.15, -0.1) is 12.4 Å².